The van der Waals surface area contributed by atoms with Gasteiger partial charge in [0.2, 0.25) is 0 Å². The molecular formula is C29H19F3N2O3S. The molecule has 1 aromatic heterocycles. The predicted molar refractivity (Wildman–Crippen MR) is 142 cm³/mol. The van der Waals surface area contributed by atoms with Crippen LogP contribution in [0.25, 0.3) is 49.7 Å². The highest BCUT2D eigenvalue weighted by atomic mass is 32.2. The van der Waals surface area contributed by atoms with Gasteiger partial charge in [0.1, 0.15) is 5.82 Å². The van der Waals surface area contributed by atoms with Crippen molar-refractivity contribution in [3.63, 3.8) is 0 Å². The molecule has 0 aliphatic rings. The van der Waals surface area contributed by atoms with Gasteiger partial charge in [0, 0.05) is 16.5 Å². The zero-order valence-corrected chi connectivity index (χ0v) is 20.7. The number of hydrogen-bond donors (Lipinski definition) is 0. The molecular weight excluding hydrogens is 513 g/mol. The fourth-order valence-corrected chi connectivity index (χ4v) is 5.25. The number of rotatable bonds is 4. The molecule has 1 heterocycles. The summed E-state index contributed by atoms with van der Waals surface area (Å²) in [5, 5.41) is 3.71. The third-order valence-electron chi connectivity index (χ3n) is 6.41. The number of alkyl halides is 3. The fraction of sp³-hybridized carbons (Fsp3) is 0.0690. The molecule has 6 aromatic rings. The maximum atomic E-state index is 13.3. The van der Waals surface area contributed by atoms with Crippen LogP contribution in [-0.2, 0) is 10.1 Å². The van der Waals surface area contributed by atoms with Crippen molar-refractivity contribution >= 4 is 42.7 Å². The molecule has 0 radical (unpaired) electrons. The van der Waals surface area contributed by atoms with Crippen LogP contribution in [0, 0.1) is 6.92 Å². The Hall–Kier alpha value is -4.37. The fourth-order valence-electron chi connectivity index (χ4n) is 4.77. The lowest BCUT2D eigenvalue weighted by Gasteiger charge is -2.16. The maximum Gasteiger partial charge on any atom is 0.534 e. The van der Waals surface area contributed by atoms with E-state index in [9.17, 15) is 21.6 Å². The molecule has 0 aliphatic heterocycles. The van der Waals surface area contributed by atoms with Crippen molar-refractivity contribution in [1.29, 1.82) is 0 Å². The zero-order valence-electron chi connectivity index (χ0n) is 19.9. The van der Waals surface area contributed by atoms with E-state index >= 15 is 0 Å². The monoisotopic (exact) mass is 532 g/mol. The van der Waals surface area contributed by atoms with Gasteiger partial charge in [-0.1, -0.05) is 78.4 Å². The van der Waals surface area contributed by atoms with E-state index in [1.807, 2.05) is 83.4 Å². The highest BCUT2D eigenvalue weighted by Gasteiger charge is 2.49. The van der Waals surface area contributed by atoms with Crippen LogP contribution >= 0.6 is 0 Å². The Morgan fingerprint density at radius 1 is 0.763 bits per heavy atom. The standard InChI is InChI=1S/C29H19F3N2O3S/c1-18-15-16-25(37-38(35,36)29(30,31)32)24(17-18)28-33-26-22-13-7-5-11-20(22)21-12-6-8-14-23(21)27(26)34(28)19-9-3-2-4-10-19/h2-17H,1H3. The third kappa shape index (κ3) is 3.78. The van der Waals surface area contributed by atoms with Crippen LogP contribution in [0.4, 0.5) is 13.2 Å². The van der Waals surface area contributed by atoms with Crippen molar-refractivity contribution in [2.45, 2.75) is 12.4 Å². The molecule has 6 rings (SSSR count). The van der Waals surface area contributed by atoms with Crippen molar-refractivity contribution in [2.75, 3.05) is 0 Å². The first-order valence-corrected chi connectivity index (χ1v) is 13.1. The normalized spacial score (nSPS) is 12.4. The summed E-state index contributed by atoms with van der Waals surface area (Å²) in [7, 11) is -5.91. The lowest BCUT2D eigenvalue weighted by molar-refractivity contribution is -0.0499. The van der Waals surface area contributed by atoms with Crippen LogP contribution in [0.15, 0.2) is 97.1 Å². The van der Waals surface area contributed by atoms with Crippen LogP contribution < -0.4 is 4.18 Å². The Labute approximate surface area is 215 Å². The summed E-state index contributed by atoms with van der Waals surface area (Å²) >= 11 is 0. The van der Waals surface area contributed by atoms with Crippen LogP contribution in [-0.4, -0.2) is 23.5 Å². The van der Waals surface area contributed by atoms with E-state index < -0.39 is 21.4 Å². The van der Waals surface area contributed by atoms with Crippen LogP contribution in [0.5, 0.6) is 5.75 Å². The first kappa shape index (κ1) is 24.0. The number of imidazole rings is 1. The van der Waals surface area contributed by atoms with E-state index in [0.29, 0.717) is 16.8 Å². The SMILES string of the molecule is Cc1ccc(OS(=O)(=O)C(F)(F)F)c(-c2nc3c4ccccc4c4ccccc4c3n2-c2ccccc2)c1. The molecule has 0 N–H and O–H groups in total. The summed E-state index contributed by atoms with van der Waals surface area (Å²) in [4.78, 5) is 4.94. The van der Waals surface area contributed by atoms with Gasteiger partial charge in [-0.2, -0.15) is 21.6 Å². The largest absolute Gasteiger partial charge is 0.534 e. The zero-order chi connectivity index (χ0) is 26.7. The van der Waals surface area contributed by atoms with Crippen molar-refractivity contribution in [2.24, 2.45) is 0 Å². The highest BCUT2D eigenvalue weighted by Crippen LogP contribution is 2.42. The van der Waals surface area contributed by atoms with Gasteiger partial charge in [-0.3, -0.25) is 4.57 Å². The number of para-hydroxylation sites is 1. The second-order valence-electron chi connectivity index (χ2n) is 8.88. The number of nitrogens with zero attached hydrogens (tertiary/aromatic N) is 2. The van der Waals surface area contributed by atoms with E-state index in [2.05, 4.69) is 4.18 Å². The van der Waals surface area contributed by atoms with E-state index in [1.54, 1.807) is 13.0 Å². The van der Waals surface area contributed by atoms with Gasteiger partial charge < -0.3 is 4.18 Å². The smallest absolute Gasteiger partial charge is 0.375 e. The molecule has 190 valence electrons. The average Bonchev–Trinajstić information content (AvgIpc) is 3.30. The third-order valence-corrected chi connectivity index (χ3v) is 7.37. The van der Waals surface area contributed by atoms with Crippen molar-refractivity contribution in [1.82, 2.24) is 9.55 Å². The quantitative estimate of drug-likeness (QED) is 0.134. The van der Waals surface area contributed by atoms with Crippen molar-refractivity contribution in [3.8, 4) is 22.8 Å². The molecule has 0 saturated heterocycles. The summed E-state index contributed by atoms with van der Waals surface area (Å²) in [6.45, 7) is 1.76. The molecule has 0 saturated carbocycles. The topological polar surface area (TPSA) is 61.2 Å². The average molecular weight is 533 g/mol. The summed E-state index contributed by atoms with van der Waals surface area (Å²) in [6.07, 6.45) is 0. The van der Waals surface area contributed by atoms with Crippen LogP contribution in [0.1, 0.15) is 5.56 Å². The first-order chi connectivity index (χ1) is 18.2. The lowest BCUT2D eigenvalue weighted by Crippen LogP contribution is -2.28. The maximum absolute atomic E-state index is 13.3. The molecule has 0 fully saturated rings. The number of aryl methyl sites for hydroxylation is 1. The van der Waals surface area contributed by atoms with Gasteiger partial charge in [-0.05, 0) is 42.0 Å². The molecule has 0 atom stereocenters. The molecule has 38 heavy (non-hydrogen) atoms. The molecule has 0 aliphatic carbocycles. The van der Waals surface area contributed by atoms with Gasteiger partial charge in [-0.15, -0.1) is 0 Å². The van der Waals surface area contributed by atoms with Gasteiger partial charge >= 0.3 is 15.6 Å². The number of aromatic nitrogens is 2. The van der Waals surface area contributed by atoms with Gasteiger partial charge in [0.05, 0.1) is 16.6 Å². The molecule has 5 nitrogen and oxygen atoms in total. The molecule has 0 unspecified atom stereocenters. The molecule has 9 heteroatoms. The van der Waals surface area contributed by atoms with Gasteiger partial charge in [0.25, 0.3) is 0 Å². The van der Waals surface area contributed by atoms with Gasteiger partial charge in [-0.25, -0.2) is 4.98 Å². The summed E-state index contributed by atoms with van der Waals surface area (Å²) < 4.78 is 70.3. The Morgan fingerprint density at radius 2 is 1.34 bits per heavy atom. The second kappa shape index (κ2) is 8.59. The molecule has 0 spiro atoms. The van der Waals surface area contributed by atoms with E-state index in [0.717, 1.165) is 27.1 Å². The molecule has 5 aromatic carbocycles. The van der Waals surface area contributed by atoms with Crippen LogP contribution in [0.2, 0.25) is 0 Å². The summed E-state index contributed by atoms with van der Waals surface area (Å²) in [5.74, 6) is -0.210. The number of fused-ring (bicyclic) bond motifs is 6. The van der Waals surface area contributed by atoms with Crippen LogP contribution in [0.3, 0.4) is 0 Å². The Bertz CT molecular complexity index is 1970. The second-order valence-corrected chi connectivity index (χ2v) is 10.4. The minimum absolute atomic E-state index is 0.117. The van der Waals surface area contributed by atoms with E-state index in [-0.39, 0.29) is 11.4 Å². The summed E-state index contributed by atoms with van der Waals surface area (Å²) in [5.41, 5.74) is -2.70. The summed E-state index contributed by atoms with van der Waals surface area (Å²) in [6, 6.07) is 29.2. The molecule has 0 amide bonds. The number of hydrogen-bond acceptors (Lipinski definition) is 4. The predicted octanol–water partition coefficient (Wildman–Crippen LogP) is 7.54. The Morgan fingerprint density at radius 3 is 2.00 bits per heavy atom. The molecule has 0 bridgehead atoms. The highest BCUT2D eigenvalue weighted by molar-refractivity contribution is 7.88. The minimum atomic E-state index is -5.91. The minimum Gasteiger partial charge on any atom is -0.375 e. The van der Waals surface area contributed by atoms with E-state index in [1.165, 1.54) is 12.1 Å². The number of halogens is 3. The van der Waals surface area contributed by atoms with Crippen molar-refractivity contribution in [3.05, 3.63) is 103 Å². The lowest BCUT2D eigenvalue weighted by atomic mass is 10.00. The number of benzene rings is 5. The van der Waals surface area contributed by atoms with Crippen molar-refractivity contribution < 1.29 is 25.8 Å². The first-order valence-electron chi connectivity index (χ1n) is 11.6. The van der Waals surface area contributed by atoms with Gasteiger partial charge in [0.15, 0.2) is 5.75 Å². The Balaban J connectivity index is 1.78. The van der Waals surface area contributed by atoms with E-state index in [4.69, 9.17) is 4.98 Å². The Kier molecular flexibility index (Phi) is 5.43.